The van der Waals surface area contributed by atoms with E-state index in [2.05, 4.69) is 15.5 Å². The van der Waals surface area contributed by atoms with Crippen molar-refractivity contribution < 1.29 is 0 Å². The van der Waals surface area contributed by atoms with Crippen molar-refractivity contribution in [2.24, 2.45) is 0 Å². The molecule has 0 spiro atoms. The Kier molecular flexibility index (Phi) is 2.86. The molecular formula is C13H9Cl2N3. The Morgan fingerprint density at radius 3 is 2.72 bits per heavy atom. The zero-order valence-electron chi connectivity index (χ0n) is 9.24. The third kappa shape index (κ3) is 2.03. The van der Waals surface area contributed by atoms with Crippen molar-refractivity contribution in [1.29, 1.82) is 0 Å². The highest BCUT2D eigenvalue weighted by Gasteiger charge is 2.07. The minimum absolute atomic E-state index is 0.652. The number of benzene rings is 2. The second-order valence-electron chi connectivity index (χ2n) is 3.87. The van der Waals surface area contributed by atoms with E-state index in [1.165, 1.54) is 0 Å². The molecular weight excluding hydrogens is 269 g/mol. The molecule has 0 amide bonds. The van der Waals surface area contributed by atoms with Crippen LogP contribution in [-0.2, 0) is 0 Å². The Labute approximate surface area is 114 Å². The van der Waals surface area contributed by atoms with E-state index in [9.17, 15) is 0 Å². The number of aromatic amines is 1. The van der Waals surface area contributed by atoms with Gasteiger partial charge in [0.15, 0.2) is 5.82 Å². The van der Waals surface area contributed by atoms with Crippen molar-refractivity contribution in [3.05, 3.63) is 52.5 Å². The lowest BCUT2D eigenvalue weighted by atomic mass is 10.2. The Bertz CT molecular complexity index is 706. The third-order valence-electron chi connectivity index (χ3n) is 2.64. The summed E-state index contributed by atoms with van der Waals surface area (Å²) in [6.07, 6.45) is 0. The normalized spacial score (nSPS) is 10.8. The van der Waals surface area contributed by atoms with Crippen molar-refractivity contribution in [2.45, 2.75) is 0 Å². The molecule has 2 N–H and O–H groups in total. The summed E-state index contributed by atoms with van der Waals surface area (Å²) < 4.78 is 0. The van der Waals surface area contributed by atoms with E-state index >= 15 is 0 Å². The van der Waals surface area contributed by atoms with Crippen LogP contribution in [0.15, 0.2) is 42.5 Å². The molecule has 0 saturated heterocycles. The van der Waals surface area contributed by atoms with Crippen LogP contribution in [0.3, 0.4) is 0 Å². The highest BCUT2D eigenvalue weighted by molar-refractivity contribution is 6.35. The number of fused-ring (bicyclic) bond motifs is 1. The van der Waals surface area contributed by atoms with Gasteiger partial charge >= 0.3 is 0 Å². The minimum Gasteiger partial charge on any atom is -0.338 e. The van der Waals surface area contributed by atoms with E-state index < -0.39 is 0 Å². The van der Waals surface area contributed by atoms with Crippen LogP contribution in [0.1, 0.15) is 0 Å². The maximum Gasteiger partial charge on any atom is 0.160 e. The molecule has 0 aliphatic heterocycles. The fourth-order valence-corrected chi connectivity index (χ4v) is 2.21. The van der Waals surface area contributed by atoms with Crippen LogP contribution in [0, 0.1) is 0 Å². The largest absolute Gasteiger partial charge is 0.338 e. The summed E-state index contributed by atoms with van der Waals surface area (Å²) in [5.74, 6) is 0.731. The van der Waals surface area contributed by atoms with Crippen molar-refractivity contribution in [3.63, 3.8) is 0 Å². The average molecular weight is 278 g/mol. The molecule has 0 aliphatic rings. The van der Waals surface area contributed by atoms with Crippen LogP contribution in [0.25, 0.3) is 10.9 Å². The molecule has 3 rings (SSSR count). The van der Waals surface area contributed by atoms with Gasteiger partial charge in [-0.3, -0.25) is 5.10 Å². The van der Waals surface area contributed by atoms with Crippen LogP contribution in [0.2, 0.25) is 10.0 Å². The number of halogens is 2. The number of aromatic nitrogens is 2. The summed E-state index contributed by atoms with van der Waals surface area (Å²) >= 11 is 12.0. The predicted octanol–water partition coefficient (Wildman–Crippen LogP) is 4.61. The summed E-state index contributed by atoms with van der Waals surface area (Å²) in [4.78, 5) is 0. The predicted molar refractivity (Wildman–Crippen MR) is 75.8 cm³/mol. The summed E-state index contributed by atoms with van der Waals surface area (Å²) in [6.45, 7) is 0. The zero-order valence-corrected chi connectivity index (χ0v) is 10.8. The van der Waals surface area contributed by atoms with E-state index in [1.54, 1.807) is 0 Å². The molecule has 3 aromatic rings. The van der Waals surface area contributed by atoms with Crippen LogP contribution in [0.4, 0.5) is 11.5 Å². The number of hydrogen-bond donors (Lipinski definition) is 2. The van der Waals surface area contributed by atoms with E-state index in [1.807, 2.05) is 42.5 Å². The molecule has 5 heteroatoms. The standard InChI is InChI=1S/C13H9Cl2N3/c14-8-3-1-4-9(7-8)16-13-10-5-2-6-11(15)12(10)17-18-13/h1-7H,(H2,16,17,18). The Balaban J connectivity index is 2.03. The first-order valence-corrected chi connectivity index (χ1v) is 6.15. The van der Waals surface area contributed by atoms with Crippen LogP contribution in [-0.4, -0.2) is 10.2 Å². The van der Waals surface area contributed by atoms with Gasteiger partial charge in [0, 0.05) is 16.1 Å². The summed E-state index contributed by atoms with van der Waals surface area (Å²) in [7, 11) is 0. The van der Waals surface area contributed by atoms with Gasteiger partial charge in [0.05, 0.1) is 10.5 Å². The fourth-order valence-electron chi connectivity index (χ4n) is 1.81. The van der Waals surface area contributed by atoms with Gasteiger partial charge in [-0.05, 0) is 30.3 Å². The van der Waals surface area contributed by atoms with Gasteiger partial charge in [0.2, 0.25) is 0 Å². The molecule has 2 aromatic carbocycles. The molecule has 0 saturated carbocycles. The lowest BCUT2D eigenvalue weighted by molar-refractivity contribution is 1.12. The summed E-state index contributed by atoms with van der Waals surface area (Å²) in [5, 5.41) is 12.6. The fraction of sp³-hybridized carbons (Fsp3) is 0. The van der Waals surface area contributed by atoms with Gasteiger partial charge < -0.3 is 5.32 Å². The number of anilines is 2. The second kappa shape index (κ2) is 4.52. The van der Waals surface area contributed by atoms with Gasteiger partial charge in [0.25, 0.3) is 0 Å². The lowest BCUT2D eigenvalue weighted by Gasteiger charge is -2.03. The minimum atomic E-state index is 0.652. The van der Waals surface area contributed by atoms with Crippen LogP contribution < -0.4 is 5.32 Å². The van der Waals surface area contributed by atoms with E-state index in [-0.39, 0.29) is 0 Å². The molecule has 0 aliphatic carbocycles. The van der Waals surface area contributed by atoms with E-state index in [0.29, 0.717) is 10.0 Å². The second-order valence-corrected chi connectivity index (χ2v) is 4.71. The maximum atomic E-state index is 6.08. The van der Waals surface area contributed by atoms with Crippen molar-refractivity contribution in [1.82, 2.24) is 10.2 Å². The Hall–Kier alpha value is -1.71. The topological polar surface area (TPSA) is 40.7 Å². The molecule has 90 valence electrons. The van der Waals surface area contributed by atoms with Crippen LogP contribution in [0.5, 0.6) is 0 Å². The average Bonchev–Trinajstić information content (AvgIpc) is 2.74. The number of nitrogens with one attached hydrogen (secondary N) is 2. The molecule has 0 unspecified atom stereocenters. The van der Waals surface area contributed by atoms with E-state index in [0.717, 1.165) is 22.4 Å². The van der Waals surface area contributed by atoms with Gasteiger partial charge in [-0.2, -0.15) is 5.10 Å². The van der Waals surface area contributed by atoms with Gasteiger partial charge in [-0.1, -0.05) is 35.3 Å². The van der Waals surface area contributed by atoms with Gasteiger partial charge in [-0.25, -0.2) is 0 Å². The Morgan fingerprint density at radius 2 is 1.89 bits per heavy atom. The molecule has 0 radical (unpaired) electrons. The number of nitrogens with zero attached hydrogens (tertiary/aromatic N) is 1. The molecule has 3 nitrogen and oxygen atoms in total. The summed E-state index contributed by atoms with van der Waals surface area (Å²) in [6, 6.07) is 13.1. The maximum absolute atomic E-state index is 6.08. The highest BCUT2D eigenvalue weighted by atomic mass is 35.5. The molecule has 18 heavy (non-hydrogen) atoms. The quantitative estimate of drug-likeness (QED) is 0.718. The number of rotatable bonds is 2. The first-order chi connectivity index (χ1) is 8.74. The van der Waals surface area contributed by atoms with Crippen molar-refractivity contribution in [2.75, 3.05) is 5.32 Å². The molecule has 0 bridgehead atoms. The number of para-hydroxylation sites is 1. The monoisotopic (exact) mass is 277 g/mol. The summed E-state index contributed by atoms with van der Waals surface area (Å²) in [5.41, 5.74) is 1.71. The number of hydrogen-bond acceptors (Lipinski definition) is 2. The first kappa shape index (κ1) is 11.4. The van der Waals surface area contributed by atoms with Gasteiger partial charge in [-0.15, -0.1) is 0 Å². The zero-order chi connectivity index (χ0) is 12.5. The number of H-pyrrole nitrogens is 1. The molecule has 0 fully saturated rings. The van der Waals surface area contributed by atoms with Gasteiger partial charge in [0.1, 0.15) is 0 Å². The molecule has 0 atom stereocenters. The smallest absolute Gasteiger partial charge is 0.160 e. The molecule has 1 heterocycles. The Morgan fingerprint density at radius 1 is 1.06 bits per heavy atom. The SMILES string of the molecule is Clc1cccc(Nc2n[nH]c3c(Cl)cccc23)c1. The highest BCUT2D eigenvalue weighted by Crippen LogP contribution is 2.28. The van der Waals surface area contributed by atoms with Crippen molar-refractivity contribution in [3.8, 4) is 0 Å². The van der Waals surface area contributed by atoms with Crippen molar-refractivity contribution >= 4 is 45.6 Å². The molecule has 1 aromatic heterocycles. The van der Waals surface area contributed by atoms with E-state index in [4.69, 9.17) is 23.2 Å². The third-order valence-corrected chi connectivity index (χ3v) is 3.19. The lowest BCUT2D eigenvalue weighted by Crippen LogP contribution is -1.90. The van der Waals surface area contributed by atoms with Crippen LogP contribution >= 0.6 is 23.2 Å². The first-order valence-electron chi connectivity index (χ1n) is 5.39.